The number of carbonyl (C=O) groups excluding carboxylic acids is 1. The quantitative estimate of drug-likeness (QED) is 0.726. The lowest BCUT2D eigenvalue weighted by Gasteiger charge is -2.10. The van der Waals surface area contributed by atoms with Gasteiger partial charge in [0.2, 0.25) is 0 Å². The second-order valence-corrected chi connectivity index (χ2v) is 3.27. The zero-order valence-electron chi connectivity index (χ0n) is 8.57. The smallest absolute Gasteiger partial charge is 0.339 e. The average Bonchev–Trinajstić information content (AvgIpc) is 2.20. The van der Waals surface area contributed by atoms with E-state index in [2.05, 4.69) is 4.74 Å². The molecule has 0 aliphatic rings. The van der Waals surface area contributed by atoms with Gasteiger partial charge in [-0.25, -0.2) is 4.79 Å². The molecule has 3 heteroatoms. The van der Waals surface area contributed by atoms with Crippen LogP contribution < -0.4 is 0 Å². The molecule has 0 aliphatic heterocycles. The summed E-state index contributed by atoms with van der Waals surface area (Å²) in [6.07, 6.45) is -1.18. The van der Waals surface area contributed by atoms with Crippen molar-refractivity contribution in [2.75, 3.05) is 7.11 Å². The van der Waals surface area contributed by atoms with Gasteiger partial charge < -0.3 is 9.84 Å². The number of aliphatic hydroxyl groups is 1. The first-order valence-electron chi connectivity index (χ1n) is 4.39. The van der Waals surface area contributed by atoms with Crippen molar-refractivity contribution < 1.29 is 14.6 Å². The largest absolute Gasteiger partial charge is 0.467 e. The number of hydrogen-bond acceptors (Lipinski definition) is 3. The van der Waals surface area contributed by atoms with Gasteiger partial charge in [0.25, 0.3) is 0 Å². The van der Waals surface area contributed by atoms with E-state index in [1.165, 1.54) is 7.11 Å². The van der Waals surface area contributed by atoms with Gasteiger partial charge in [-0.3, -0.25) is 0 Å². The van der Waals surface area contributed by atoms with Crippen LogP contribution >= 0.6 is 0 Å². The van der Waals surface area contributed by atoms with Crippen molar-refractivity contribution in [3.05, 3.63) is 34.9 Å². The molecule has 0 aromatic heterocycles. The Balaban J connectivity index is 2.96. The molecule has 76 valence electrons. The standard InChI is InChI=1S/C11H14O3/c1-7-4-5-9(6-8(7)2)10(12)11(13)14-3/h4-6,10,12H,1-3H3. The first-order valence-corrected chi connectivity index (χ1v) is 4.39. The van der Waals surface area contributed by atoms with Gasteiger partial charge in [0.1, 0.15) is 0 Å². The Bertz CT molecular complexity index is 344. The highest BCUT2D eigenvalue weighted by molar-refractivity contribution is 5.76. The van der Waals surface area contributed by atoms with Crippen LogP contribution in [-0.2, 0) is 9.53 Å². The van der Waals surface area contributed by atoms with Gasteiger partial charge in [0, 0.05) is 0 Å². The van der Waals surface area contributed by atoms with E-state index in [0.717, 1.165) is 11.1 Å². The number of ether oxygens (including phenoxy) is 1. The summed E-state index contributed by atoms with van der Waals surface area (Å²) in [6, 6.07) is 5.39. The molecule has 14 heavy (non-hydrogen) atoms. The summed E-state index contributed by atoms with van der Waals surface area (Å²) in [7, 11) is 1.26. The predicted octanol–water partition coefficient (Wildman–Crippen LogP) is 1.51. The molecule has 0 aliphatic carbocycles. The molecule has 0 fully saturated rings. The fraction of sp³-hybridized carbons (Fsp3) is 0.364. The van der Waals surface area contributed by atoms with E-state index in [-0.39, 0.29) is 0 Å². The van der Waals surface area contributed by atoms with E-state index < -0.39 is 12.1 Å². The topological polar surface area (TPSA) is 46.5 Å². The van der Waals surface area contributed by atoms with Gasteiger partial charge in [-0.15, -0.1) is 0 Å². The lowest BCUT2D eigenvalue weighted by atomic mass is 10.0. The second-order valence-electron chi connectivity index (χ2n) is 3.27. The number of rotatable bonds is 2. The lowest BCUT2D eigenvalue weighted by molar-refractivity contribution is -0.150. The molecule has 1 N–H and O–H groups in total. The summed E-state index contributed by atoms with van der Waals surface area (Å²) in [4.78, 5) is 11.0. The molecule has 0 amide bonds. The molecule has 0 saturated heterocycles. The number of carbonyl (C=O) groups is 1. The zero-order valence-corrected chi connectivity index (χ0v) is 8.57. The number of benzene rings is 1. The van der Waals surface area contributed by atoms with Crippen molar-refractivity contribution in [3.8, 4) is 0 Å². The first-order chi connectivity index (χ1) is 6.56. The van der Waals surface area contributed by atoms with E-state index >= 15 is 0 Å². The van der Waals surface area contributed by atoms with Gasteiger partial charge in [0.05, 0.1) is 7.11 Å². The fourth-order valence-corrected chi connectivity index (χ4v) is 1.18. The van der Waals surface area contributed by atoms with Crippen molar-refractivity contribution in [1.29, 1.82) is 0 Å². The van der Waals surface area contributed by atoms with E-state index in [1.807, 2.05) is 19.9 Å². The van der Waals surface area contributed by atoms with E-state index in [0.29, 0.717) is 5.56 Å². The maximum Gasteiger partial charge on any atom is 0.339 e. The van der Waals surface area contributed by atoms with Crippen LogP contribution in [0.3, 0.4) is 0 Å². The molecule has 0 saturated carbocycles. The Morgan fingerprint density at radius 3 is 2.50 bits per heavy atom. The summed E-state index contributed by atoms with van der Waals surface area (Å²) in [5.74, 6) is -0.631. The van der Waals surface area contributed by atoms with Crippen LogP contribution in [0.2, 0.25) is 0 Å². The third kappa shape index (κ3) is 2.12. The van der Waals surface area contributed by atoms with Crippen molar-refractivity contribution in [3.63, 3.8) is 0 Å². The second kappa shape index (κ2) is 4.24. The SMILES string of the molecule is COC(=O)C(O)c1ccc(C)c(C)c1. The molecule has 1 unspecified atom stereocenters. The molecule has 1 aromatic carbocycles. The Morgan fingerprint density at radius 1 is 1.36 bits per heavy atom. The van der Waals surface area contributed by atoms with Gasteiger partial charge in [-0.2, -0.15) is 0 Å². The number of aryl methyl sites for hydroxylation is 2. The minimum atomic E-state index is -1.18. The Morgan fingerprint density at radius 2 is 2.00 bits per heavy atom. The molecule has 0 radical (unpaired) electrons. The molecule has 0 heterocycles. The highest BCUT2D eigenvalue weighted by Gasteiger charge is 2.17. The summed E-state index contributed by atoms with van der Waals surface area (Å²) in [6.45, 7) is 3.91. The normalized spacial score (nSPS) is 12.3. The monoisotopic (exact) mass is 194 g/mol. The molecule has 1 atom stereocenters. The number of aliphatic hydroxyl groups excluding tert-OH is 1. The molecule has 0 bridgehead atoms. The van der Waals surface area contributed by atoms with Crippen LogP contribution in [0.25, 0.3) is 0 Å². The summed E-state index contributed by atoms with van der Waals surface area (Å²) in [5.41, 5.74) is 2.75. The number of methoxy groups -OCH3 is 1. The van der Waals surface area contributed by atoms with Crippen molar-refractivity contribution in [1.82, 2.24) is 0 Å². The Kier molecular flexibility index (Phi) is 3.25. The average molecular weight is 194 g/mol. The predicted molar refractivity (Wildman–Crippen MR) is 52.9 cm³/mol. The first kappa shape index (κ1) is 10.7. The van der Waals surface area contributed by atoms with Gasteiger partial charge >= 0.3 is 5.97 Å². The Hall–Kier alpha value is -1.35. The van der Waals surface area contributed by atoms with Crippen LogP contribution in [0.1, 0.15) is 22.8 Å². The molecule has 1 aromatic rings. The van der Waals surface area contributed by atoms with E-state index in [1.54, 1.807) is 12.1 Å². The van der Waals surface area contributed by atoms with Gasteiger partial charge in [-0.05, 0) is 30.5 Å². The number of esters is 1. The minimum absolute atomic E-state index is 0.569. The van der Waals surface area contributed by atoms with E-state index in [4.69, 9.17) is 0 Å². The highest BCUT2D eigenvalue weighted by atomic mass is 16.5. The van der Waals surface area contributed by atoms with E-state index in [9.17, 15) is 9.90 Å². The van der Waals surface area contributed by atoms with Crippen molar-refractivity contribution in [2.45, 2.75) is 20.0 Å². The van der Waals surface area contributed by atoms with Gasteiger partial charge in [0.15, 0.2) is 6.10 Å². The number of hydrogen-bond donors (Lipinski definition) is 1. The van der Waals surface area contributed by atoms with Gasteiger partial charge in [-0.1, -0.05) is 18.2 Å². The van der Waals surface area contributed by atoms with Crippen LogP contribution in [0.4, 0.5) is 0 Å². The van der Waals surface area contributed by atoms with Crippen LogP contribution in [0.5, 0.6) is 0 Å². The van der Waals surface area contributed by atoms with Crippen LogP contribution in [-0.4, -0.2) is 18.2 Å². The third-order valence-corrected chi connectivity index (χ3v) is 2.27. The molecule has 0 spiro atoms. The maximum atomic E-state index is 11.0. The zero-order chi connectivity index (χ0) is 10.7. The lowest BCUT2D eigenvalue weighted by Crippen LogP contribution is -2.13. The molecule has 3 nitrogen and oxygen atoms in total. The van der Waals surface area contributed by atoms with Crippen molar-refractivity contribution >= 4 is 5.97 Å². The fourth-order valence-electron chi connectivity index (χ4n) is 1.18. The van der Waals surface area contributed by atoms with Crippen LogP contribution in [0.15, 0.2) is 18.2 Å². The minimum Gasteiger partial charge on any atom is -0.467 e. The van der Waals surface area contributed by atoms with Crippen LogP contribution in [0, 0.1) is 13.8 Å². The summed E-state index contributed by atoms with van der Waals surface area (Å²) >= 11 is 0. The summed E-state index contributed by atoms with van der Waals surface area (Å²) < 4.78 is 4.45. The molecule has 1 rings (SSSR count). The molecular formula is C11H14O3. The highest BCUT2D eigenvalue weighted by Crippen LogP contribution is 2.17. The summed E-state index contributed by atoms with van der Waals surface area (Å²) in [5, 5.41) is 9.53. The Labute approximate surface area is 83.3 Å². The van der Waals surface area contributed by atoms with Crippen molar-refractivity contribution in [2.24, 2.45) is 0 Å². The maximum absolute atomic E-state index is 11.0. The molecular weight excluding hydrogens is 180 g/mol. The third-order valence-electron chi connectivity index (χ3n) is 2.27.